The predicted molar refractivity (Wildman–Crippen MR) is 73.2 cm³/mol. The van der Waals surface area contributed by atoms with Gasteiger partial charge >= 0.3 is 0 Å². The van der Waals surface area contributed by atoms with Crippen molar-refractivity contribution >= 4 is 11.9 Å². The summed E-state index contributed by atoms with van der Waals surface area (Å²) < 4.78 is 5.32. The van der Waals surface area contributed by atoms with Crippen molar-refractivity contribution in [3.05, 3.63) is 34.5 Å². The van der Waals surface area contributed by atoms with Gasteiger partial charge < -0.3 is 15.2 Å². The van der Waals surface area contributed by atoms with Crippen molar-refractivity contribution in [2.75, 3.05) is 5.73 Å². The molecule has 0 saturated carbocycles. The molecule has 0 unspecified atom stereocenters. The average molecular weight is 285 g/mol. The Labute approximate surface area is 121 Å². The molecule has 0 radical (unpaired) electrons. The number of nitrogens with zero attached hydrogens (tertiary/aromatic N) is 4. The normalized spacial score (nSPS) is 16.7. The summed E-state index contributed by atoms with van der Waals surface area (Å²) in [6.45, 7) is 0.943. The molecule has 1 aliphatic carbocycles. The van der Waals surface area contributed by atoms with E-state index in [9.17, 15) is 4.79 Å². The highest BCUT2D eigenvalue weighted by molar-refractivity contribution is 5.94. The Balaban J connectivity index is 1.61. The van der Waals surface area contributed by atoms with Crippen LogP contribution < -0.4 is 5.73 Å². The number of amides is 1. The molecule has 108 valence electrons. The van der Waals surface area contributed by atoms with Crippen molar-refractivity contribution in [2.24, 2.45) is 0 Å². The molecule has 0 bridgehead atoms. The van der Waals surface area contributed by atoms with Gasteiger partial charge in [0, 0.05) is 30.3 Å². The van der Waals surface area contributed by atoms with Crippen molar-refractivity contribution in [2.45, 2.75) is 38.8 Å². The van der Waals surface area contributed by atoms with Gasteiger partial charge in [-0.25, -0.2) is 9.97 Å². The average Bonchev–Trinajstić information content (AvgIpc) is 3.09. The second kappa shape index (κ2) is 4.54. The molecule has 0 saturated heterocycles. The van der Waals surface area contributed by atoms with Gasteiger partial charge in [-0.05, 0) is 19.3 Å². The van der Waals surface area contributed by atoms with Gasteiger partial charge in [0.05, 0.1) is 12.2 Å². The summed E-state index contributed by atoms with van der Waals surface area (Å²) in [7, 11) is 0. The van der Waals surface area contributed by atoms with Gasteiger partial charge in [-0.3, -0.25) is 4.79 Å². The van der Waals surface area contributed by atoms with Crippen molar-refractivity contribution in [3.8, 4) is 0 Å². The highest BCUT2D eigenvalue weighted by Gasteiger charge is 2.31. The van der Waals surface area contributed by atoms with E-state index >= 15 is 0 Å². The lowest BCUT2D eigenvalue weighted by Crippen LogP contribution is -2.27. The maximum atomic E-state index is 12.7. The highest BCUT2D eigenvalue weighted by atomic mass is 16.5. The molecular formula is C14H15N5O2. The number of carbonyl (C=O) groups is 1. The van der Waals surface area contributed by atoms with Crippen LogP contribution in [0, 0.1) is 0 Å². The minimum atomic E-state index is -0.0986. The number of hydrogen-bond acceptors (Lipinski definition) is 6. The number of hydrogen-bond donors (Lipinski definition) is 1. The zero-order chi connectivity index (χ0) is 14.4. The van der Waals surface area contributed by atoms with Crippen LogP contribution in [0.25, 0.3) is 0 Å². The number of nitrogen functional groups attached to an aromatic ring is 1. The fourth-order valence-electron chi connectivity index (χ4n) is 3.01. The molecule has 1 aliphatic heterocycles. The third-order valence-corrected chi connectivity index (χ3v) is 4.11. The third kappa shape index (κ3) is 1.96. The van der Waals surface area contributed by atoms with Crippen LogP contribution in [0.1, 0.15) is 45.9 Å². The van der Waals surface area contributed by atoms with Gasteiger partial charge in [0.15, 0.2) is 5.69 Å². The molecule has 2 aliphatic rings. The second-order valence-corrected chi connectivity index (χ2v) is 5.50. The summed E-state index contributed by atoms with van der Waals surface area (Å²) in [6, 6.07) is 0. The SMILES string of the molecule is Nc1ncc2c(n1)CN(C(=O)c1noc3c1CCCC3)C2. The second-order valence-electron chi connectivity index (χ2n) is 5.50. The molecule has 4 rings (SSSR count). The molecule has 7 nitrogen and oxygen atoms in total. The summed E-state index contributed by atoms with van der Waals surface area (Å²) in [6.07, 6.45) is 5.60. The number of fused-ring (bicyclic) bond motifs is 2. The van der Waals surface area contributed by atoms with Crippen LogP contribution >= 0.6 is 0 Å². The van der Waals surface area contributed by atoms with E-state index in [4.69, 9.17) is 10.3 Å². The molecule has 0 spiro atoms. The van der Waals surface area contributed by atoms with Crippen LogP contribution in [-0.2, 0) is 25.9 Å². The van der Waals surface area contributed by atoms with Crippen LogP contribution in [0.2, 0.25) is 0 Å². The van der Waals surface area contributed by atoms with Crippen LogP contribution in [0.4, 0.5) is 5.95 Å². The van der Waals surface area contributed by atoms with Crippen molar-refractivity contribution in [3.63, 3.8) is 0 Å². The van der Waals surface area contributed by atoms with E-state index in [0.29, 0.717) is 18.8 Å². The number of aromatic nitrogens is 3. The smallest absolute Gasteiger partial charge is 0.276 e. The van der Waals surface area contributed by atoms with Crippen molar-refractivity contribution < 1.29 is 9.32 Å². The lowest BCUT2D eigenvalue weighted by atomic mass is 9.96. The molecule has 2 aromatic rings. The Kier molecular flexibility index (Phi) is 2.66. The van der Waals surface area contributed by atoms with Crippen molar-refractivity contribution in [1.29, 1.82) is 0 Å². The van der Waals surface area contributed by atoms with Crippen LogP contribution in [0.3, 0.4) is 0 Å². The monoisotopic (exact) mass is 285 g/mol. The van der Waals surface area contributed by atoms with Crippen LogP contribution in [-0.4, -0.2) is 25.9 Å². The predicted octanol–water partition coefficient (Wildman–Crippen LogP) is 1.08. The molecule has 7 heteroatoms. The van der Waals surface area contributed by atoms with E-state index in [1.165, 1.54) is 0 Å². The fraction of sp³-hybridized carbons (Fsp3) is 0.429. The van der Waals surface area contributed by atoms with Crippen LogP contribution in [0.15, 0.2) is 10.7 Å². The summed E-state index contributed by atoms with van der Waals surface area (Å²) in [5.74, 6) is 1.01. The summed E-state index contributed by atoms with van der Waals surface area (Å²) in [5.41, 5.74) is 8.77. The van der Waals surface area contributed by atoms with E-state index in [0.717, 1.165) is 48.3 Å². The molecule has 1 amide bonds. The molecule has 3 heterocycles. The standard InChI is InChI=1S/C14H15N5O2/c15-14-16-5-8-6-19(7-10(8)17-14)13(20)12-9-3-1-2-4-11(9)21-18-12/h5H,1-4,6-7H2,(H2,15,16,17). The van der Waals surface area contributed by atoms with Gasteiger partial charge in [-0.15, -0.1) is 0 Å². The van der Waals surface area contributed by atoms with E-state index < -0.39 is 0 Å². The van der Waals surface area contributed by atoms with E-state index in [1.807, 2.05) is 0 Å². The summed E-state index contributed by atoms with van der Waals surface area (Å²) in [4.78, 5) is 22.5. The zero-order valence-electron chi connectivity index (χ0n) is 11.5. The quantitative estimate of drug-likeness (QED) is 0.842. The van der Waals surface area contributed by atoms with E-state index in [-0.39, 0.29) is 11.9 Å². The van der Waals surface area contributed by atoms with E-state index in [2.05, 4.69) is 15.1 Å². The lowest BCUT2D eigenvalue weighted by molar-refractivity contribution is 0.0739. The molecule has 0 atom stereocenters. The zero-order valence-corrected chi connectivity index (χ0v) is 11.5. The van der Waals surface area contributed by atoms with Gasteiger partial charge in [-0.2, -0.15) is 0 Å². The summed E-state index contributed by atoms with van der Waals surface area (Å²) in [5, 5.41) is 4.00. The third-order valence-electron chi connectivity index (χ3n) is 4.11. The van der Waals surface area contributed by atoms with Gasteiger partial charge in [0.25, 0.3) is 5.91 Å². The number of carbonyl (C=O) groups excluding carboxylic acids is 1. The Morgan fingerprint density at radius 1 is 1.29 bits per heavy atom. The van der Waals surface area contributed by atoms with Gasteiger partial charge in [-0.1, -0.05) is 5.16 Å². The molecule has 2 aromatic heterocycles. The topological polar surface area (TPSA) is 98.1 Å². The van der Waals surface area contributed by atoms with Crippen LogP contribution in [0.5, 0.6) is 0 Å². The first kappa shape index (κ1) is 12.3. The molecular weight excluding hydrogens is 270 g/mol. The number of anilines is 1. The highest BCUT2D eigenvalue weighted by Crippen LogP contribution is 2.28. The number of rotatable bonds is 1. The molecule has 21 heavy (non-hydrogen) atoms. The Morgan fingerprint density at radius 2 is 2.14 bits per heavy atom. The van der Waals surface area contributed by atoms with Crippen molar-refractivity contribution in [1.82, 2.24) is 20.0 Å². The number of nitrogens with two attached hydrogens (primary N) is 1. The Bertz CT molecular complexity index is 724. The summed E-state index contributed by atoms with van der Waals surface area (Å²) >= 11 is 0. The largest absolute Gasteiger partial charge is 0.368 e. The number of aryl methyl sites for hydroxylation is 1. The van der Waals surface area contributed by atoms with Gasteiger partial charge in [0.2, 0.25) is 5.95 Å². The Morgan fingerprint density at radius 3 is 3.05 bits per heavy atom. The molecule has 0 aromatic carbocycles. The lowest BCUT2D eigenvalue weighted by Gasteiger charge is -2.15. The molecule has 0 fully saturated rings. The first-order valence-electron chi connectivity index (χ1n) is 7.09. The first-order chi connectivity index (χ1) is 10.2. The minimum Gasteiger partial charge on any atom is -0.368 e. The molecule has 2 N–H and O–H groups in total. The fourth-order valence-corrected chi connectivity index (χ4v) is 3.01. The maximum Gasteiger partial charge on any atom is 0.276 e. The minimum absolute atomic E-state index is 0.0986. The first-order valence-corrected chi connectivity index (χ1v) is 7.09. The Hall–Kier alpha value is -2.44. The van der Waals surface area contributed by atoms with Gasteiger partial charge in [0.1, 0.15) is 5.76 Å². The van der Waals surface area contributed by atoms with E-state index in [1.54, 1.807) is 11.1 Å². The maximum absolute atomic E-state index is 12.7.